The lowest BCUT2D eigenvalue weighted by Crippen LogP contribution is -2.39. The molecule has 0 bridgehead atoms. The highest BCUT2D eigenvalue weighted by Gasteiger charge is 2.30. The maximum Gasteiger partial charge on any atom is 0.306 e. The molecule has 1 aliphatic rings. The van der Waals surface area contributed by atoms with E-state index in [1.54, 1.807) is 0 Å². The van der Waals surface area contributed by atoms with Crippen LogP contribution in [0.5, 0.6) is 0 Å². The summed E-state index contributed by atoms with van der Waals surface area (Å²) in [4.78, 5) is 21.9. The molecule has 1 rings (SSSR count). The molecule has 0 heterocycles. The van der Waals surface area contributed by atoms with Crippen molar-refractivity contribution < 1.29 is 14.7 Å². The SMILES string of the molecule is NCC(=O)NCC1CCCCC1C(=O)O. The number of aliphatic carboxylic acids is 1. The third kappa shape index (κ3) is 3.51. The van der Waals surface area contributed by atoms with Gasteiger partial charge in [-0.1, -0.05) is 12.8 Å². The molecule has 4 N–H and O–H groups in total. The molecule has 0 radical (unpaired) electrons. The number of amides is 1. The lowest BCUT2D eigenvalue weighted by molar-refractivity contribution is -0.145. The van der Waals surface area contributed by atoms with Crippen LogP contribution in [-0.4, -0.2) is 30.1 Å². The first kappa shape index (κ1) is 12.0. The van der Waals surface area contributed by atoms with Gasteiger partial charge in [0.25, 0.3) is 0 Å². The van der Waals surface area contributed by atoms with Crippen molar-refractivity contribution in [3.8, 4) is 0 Å². The van der Waals surface area contributed by atoms with Gasteiger partial charge < -0.3 is 16.2 Å². The molecule has 5 nitrogen and oxygen atoms in total. The fourth-order valence-corrected chi connectivity index (χ4v) is 2.09. The van der Waals surface area contributed by atoms with E-state index in [-0.39, 0.29) is 24.3 Å². The lowest BCUT2D eigenvalue weighted by Gasteiger charge is -2.28. The van der Waals surface area contributed by atoms with E-state index < -0.39 is 5.97 Å². The second-order valence-electron chi connectivity index (χ2n) is 4.00. The van der Waals surface area contributed by atoms with Gasteiger partial charge >= 0.3 is 5.97 Å². The Hall–Kier alpha value is -1.10. The first-order valence-electron chi connectivity index (χ1n) is 5.34. The van der Waals surface area contributed by atoms with Crippen LogP contribution in [0.3, 0.4) is 0 Å². The molecule has 1 amide bonds. The van der Waals surface area contributed by atoms with Crippen LogP contribution >= 0.6 is 0 Å². The van der Waals surface area contributed by atoms with Gasteiger partial charge in [0.05, 0.1) is 12.5 Å². The zero-order valence-corrected chi connectivity index (χ0v) is 8.74. The normalized spacial score (nSPS) is 25.9. The second-order valence-corrected chi connectivity index (χ2v) is 4.00. The Morgan fingerprint density at radius 3 is 2.60 bits per heavy atom. The summed E-state index contributed by atoms with van der Waals surface area (Å²) < 4.78 is 0. The number of nitrogens with two attached hydrogens (primary N) is 1. The zero-order chi connectivity index (χ0) is 11.3. The lowest BCUT2D eigenvalue weighted by atomic mass is 9.79. The molecule has 1 fully saturated rings. The number of rotatable bonds is 4. The summed E-state index contributed by atoms with van der Waals surface area (Å²) in [5.41, 5.74) is 5.15. The van der Waals surface area contributed by atoms with Crippen LogP contribution in [0.25, 0.3) is 0 Å². The number of hydrogen-bond donors (Lipinski definition) is 3. The molecule has 0 saturated heterocycles. The van der Waals surface area contributed by atoms with E-state index in [0.29, 0.717) is 6.54 Å². The van der Waals surface area contributed by atoms with E-state index in [0.717, 1.165) is 25.7 Å². The van der Waals surface area contributed by atoms with E-state index in [2.05, 4.69) is 5.32 Å². The summed E-state index contributed by atoms with van der Waals surface area (Å²) in [5, 5.41) is 11.7. The van der Waals surface area contributed by atoms with Crippen molar-refractivity contribution in [3.05, 3.63) is 0 Å². The summed E-state index contributed by atoms with van der Waals surface area (Å²) in [6.45, 7) is 0.400. The van der Waals surface area contributed by atoms with Crippen molar-refractivity contribution in [2.24, 2.45) is 17.6 Å². The van der Waals surface area contributed by atoms with Crippen LogP contribution in [0.2, 0.25) is 0 Å². The minimum atomic E-state index is -0.748. The van der Waals surface area contributed by atoms with Gasteiger partial charge in [0.15, 0.2) is 0 Å². The van der Waals surface area contributed by atoms with Crippen molar-refractivity contribution in [1.29, 1.82) is 0 Å². The monoisotopic (exact) mass is 214 g/mol. The van der Waals surface area contributed by atoms with Gasteiger partial charge in [-0.05, 0) is 18.8 Å². The minimum Gasteiger partial charge on any atom is -0.481 e. The number of carboxylic acid groups (broad SMARTS) is 1. The Kier molecular flexibility index (Phi) is 4.55. The summed E-state index contributed by atoms with van der Waals surface area (Å²) in [5.74, 6) is -1.21. The van der Waals surface area contributed by atoms with Crippen LogP contribution in [0.4, 0.5) is 0 Å². The van der Waals surface area contributed by atoms with Gasteiger partial charge in [-0.3, -0.25) is 9.59 Å². The number of hydrogen-bond acceptors (Lipinski definition) is 3. The third-order valence-corrected chi connectivity index (χ3v) is 2.97. The van der Waals surface area contributed by atoms with E-state index in [1.165, 1.54) is 0 Å². The van der Waals surface area contributed by atoms with Gasteiger partial charge in [-0.25, -0.2) is 0 Å². The molecule has 5 heteroatoms. The molecule has 0 aromatic heterocycles. The zero-order valence-electron chi connectivity index (χ0n) is 8.74. The largest absolute Gasteiger partial charge is 0.481 e. The van der Waals surface area contributed by atoms with Crippen molar-refractivity contribution in [2.45, 2.75) is 25.7 Å². The molecule has 0 spiro atoms. The average molecular weight is 214 g/mol. The Morgan fingerprint density at radius 2 is 2.00 bits per heavy atom. The van der Waals surface area contributed by atoms with E-state index >= 15 is 0 Å². The molecule has 0 aliphatic heterocycles. The van der Waals surface area contributed by atoms with Crippen molar-refractivity contribution in [2.75, 3.05) is 13.1 Å². The van der Waals surface area contributed by atoms with Crippen LogP contribution < -0.4 is 11.1 Å². The second kappa shape index (κ2) is 5.70. The number of nitrogens with one attached hydrogen (secondary N) is 1. The predicted octanol–water partition coefficient (Wildman–Crippen LogP) is -0.0477. The average Bonchev–Trinajstić information content (AvgIpc) is 2.26. The molecular formula is C10H18N2O3. The van der Waals surface area contributed by atoms with Gasteiger partial charge in [0.2, 0.25) is 5.91 Å². The van der Waals surface area contributed by atoms with Gasteiger partial charge in [-0.15, -0.1) is 0 Å². The standard InChI is InChI=1S/C10H18N2O3/c11-5-9(13)12-6-7-3-1-2-4-8(7)10(14)15/h7-8H,1-6,11H2,(H,12,13)(H,14,15). The molecule has 1 aliphatic carbocycles. The van der Waals surface area contributed by atoms with Gasteiger partial charge in [0, 0.05) is 6.54 Å². The number of carbonyl (C=O) groups is 2. The molecule has 2 atom stereocenters. The van der Waals surface area contributed by atoms with Crippen LogP contribution in [-0.2, 0) is 9.59 Å². The summed E-state index contributed by atoms with van der Waals surface area (Å²) in [6.07, 6.45) is 3.62. The first-order chi connectivity index (χ1) is 7.15. The Balaban J connectivity index is 2.42. The topological polar surface area (TPSA) is 92.4 Å². The fourth-order valence-electron chi connectivity index (χ4n) is 2.09. The molecule has 1 saturated carbocycles. The van der Waals surface area contributed by atoms with Crippen LogP contribution in [0.1, 0.15) is 25.7 Å². The fraction of sp³-hybridized carbons (Fsp3) is 0.800. The van der Waals surface area contributed by atoms with Gasteiger partial charge in [0.1, 0.15) is 0 Å². The number of carboxylic acids is 1. The molecule has 15 heavy (non-hydrogen) atoms. The van der Waals surface area contributed by atoms with Crippen molar-refractivity contribution >= 4 is 11.9 Å². The smallest absolute Gasteiger partial charge is 0.306 e. The summed E-state index contributed by atoms with van der Waals surface area (Å²) in [7, 11) is 0. The van der Waals surface area contributed by atoms with Crippen molar-refractivity contribution in [3.63, 3.8) is 0 Å². The molecule has 0 aromatic carbocycles. The minimum absolute atomic E-state index is 0.0372. The maximum absolute atomic E-state index is 10.9. The highest BCUT2D eigenvalue weighted by molar-refractivity contribution is 5.77. The quantitative estimate of drug-likeness (QED) is 0.612. The Bertz CT molecular complexity index is 243. The predicted molar refractivity (Wildman–Crippen MR) is 55.1 cm³/mol. The highest BCUT2D eigenvalue weighted by atomic mass is 16.4. The maximum atomic E-state index is 10.9. The highest BCUT2D eigenvalue weighted by Crippen LogP contribution is 2.29. The third-order valence-electron chi connectivity index (χ3n) is 2.97. The van der Waals surface area contributed by atoms with Crippen LogP contribution in [0, 0.1) is 11.8 Å². The molecule has 86 valence electrons. The number of carbonyl (C=O) groups excluding carboxylic acids is 1. The van der Waals surface area contributed by atoms with Crippen LogP contribution in [0.15, 0.2) is 0 Å². The van der Waals surface area contributed by atoms with E-state index in [9.17, 15) is 9.59 Å². The Labute approximate surface area is 89.0 Å². The van der Waals surface area contributed by atoms with Crippen molar-refractivity contribution in [1.82, 2.24) is 5.32 Å². The Morgan fingerprint density at radius 1 is 1.33 bits per heavy atom. The molecular weight excluding hydrogens is 196 g/mol. The van der Waals surface area contributed by atoms with E-state index in [1.807, 2.05) is 0 Å². The van der Waals surface area contributed by atoms with E-state index in [4.69, 9.17) is 10.8 Å². The molecule has 2 unspecified atom stereocenters. The van der Waals surface area contributed by atoms with Gasteiger partial charge in [-0.2, -0.15) is 0 Å². The first-order valence-corrected chi connectivity index (χ1v) is 5.34. The summed E-state index contributed by atoms with van der Waals surface area (Å²) in [6, 6.07) is 0. The molecule has 0 aromatic rings. The summed E-state index contributed by atoms with van der Waals surface area (Å²) >= 11 is 0.